The van der Waals surface area contributed by atoms with E-state index >= 15 is 0 Å². The quantitative estimate of drug-likeness (QED) is 0.700. The molecule has 6 heteroatoms. The van der Waals surface area contributed by atoms with Crippen molar-refractivity contribution in [2.75, 3.05) is 6.61 Å². The van der Waals surface area contributed by atoms with E-state index in [4.69, 9.17) is 14.4 Å². The maximum absolute atomic E-state index is 12.1. The van der Waals surface area contributed by atoms with Gasteiger partial charge >= 0.3 is 5.97 Å². The molecule has 0 saturated carbocycles. The first-order valence-electron chi connectivity index (χ1n) is 7.15. The van der Waals surface area contributed by atoms with Crippen molar-refractivity contribution in [3.05, 3.63) is 72.0 Å². The summed E-state index contributed by atoms with van der Waals surface area (Å²) in [5.74, 6) is -1.36. The van der Waals surface area contributed by atoms with Crippen molar-refractivity contribution in [1.82, 2.24) is 5.16 Å². The molecule has 0 radical (unpaired) electrons. The van der Waals surface area contributed by atoms with Gasteiger partial charge in [-0.15, -0.1) is 0 Å². The fraction of sp³-hybridized carbons (Fsp3) is 0.0556. The minimum Gasteiger partial charge on any atom is -0.484 e. The van der Waals surface area contributed by atoms with Crippen molar-refractivity contribution >= 4 is 11.8 Å². The molecule has 2 aromatic carbocycles. The number of aromatic carboxylic acids is 1. The van der Waals surface area contributed by atoms with Crippen LogP contribution in [0.15, 0.2) is 65.2 Å². The molecule has 0 atom stereocenters. The Labute approximate surface area is 137 Å². The maximum Gasteiger partial charge on any atom is 0.339 e. The average molecular weight is 323 g/mol. The minimum atomic E-state index is -1.12. The minimum absolute atomic E-state index is 0.00663. The number of rotatable bonds is 6. The van der Waals surface area contributed by atoms with Gasteiger partial charge in [0.25, 0.3) is 0 Å². The lowest BCUT2D eigenvalue weighted by Gasteiger charge is -2.06. The predicted molar refractivity (Wildman–Crippen MR) is 85.2 cm³/mol. The molecular formula is C18H13NO5. The van der Waals surface area contributed by atoms with Gasteiger partial charge in [-0.05, 0) is 12.1 Å². The van der Waals surface area contributed by atoms with Gasteiger partial charge < -0.3 is 14.4 Å². The number of carboxylic acid groups (broad SMARTS) is 1. The Balaban J connectivity index is 1.71. The van der Waals surface area contributed by atoms with Crippen LogP contribution >= 0.6 is 0 Å². The Morgan fingerprint density at radius 2 is 1.75 bits per heavy atom. The molecule has 3 rings (SSSR count). The standard InChI is InChI=1S/C18H13NO5/c20-15(11-23-16-9-5-4-8-13(16)18(21)22)17-10-14(19-24-17)12-6-2-1-3-7-12/h1-10H,11H2,(H,21,22). The molecule has 0 unspecified atom stereocenters. The number of para-hydroxylation sites is 1. The predicted octanol–water partition coefficient (Wildman–Crippen LogP) is 3.30. The summed E-state index contributed by atoms with van der Waals surface area (Å²) in [6.45, 7) is -0.340. The van der Waals surface area contributed by atoms with Crippen LogP contribution < -0.4 is 4.74 Å². The monoisotopic (exact) mass is 323 g/mol. The molecule has 120 valence electrons. The van der Waals surface area contributed by atoms with Gasteiger partial charge in [0.15, 0.2) is 6.61 Å². The summed E-state index contributed by atoms with van der Waals surface area (Å²) in [4.78, 5) is 23.2. The SMILES string of the molecule is O=C(COc1ccccc1C(=O)O)c1cc(-c2ccccc2)no1. The van der Waals surface area contributed by atoms with Gasteiger partial charge in [-0.25, -0.2) is 4.79 Å². The van der Waals surface area contributed by atoms with Gasteiger partial charge in [0, 0.05) is 11.6 Å². The molecule has 3 aromatic rings. The first kappa shape index (κ1) is 15.5. The van der Waals surface area contributed by atoms with Crippen molar-refractivity contribution < 1.29 is 24.0 Å². The van der Waals surface area contributed by atoms with E-state index in [2.05, 4.69) is 5.16 Å². The van der Waals surface area contributed by atoms with Gasteiger partial charge in [0.05, 0.1) is 0 Å². The van der Waals surface area contributed by atoms with Crippen LogP contribution in [-0.2, 0) is 0 Å². The number of ketones is 1. The Kier molecular flexibility index (Phi) is 4.38. The topological polar surface area (TPSA) is 89.6 Å². The van der Waals surface area contributed by atoms with E-state index in [1.807, 2.05) is 30.3 Å². The van der Waals surface area contributed by atoms with Gasteiger partial charge in [-0.3, -0.25) is 4.79 Å². The molecular weight excluding hydrogens is 310 g/mol. The number of hydrogen-bond donors (Lipinski definition) is 1. The molecule has 0 amide bonds. The number of ether oxygens (including phenoxy) is 1. The lowest BCUT2D eigenvalue weighted by molar-refractivity contribution is 0.0688. The smallest absolute Gasteiger partial charge is 0.339 e. The van der Waals surface area contributed by atoms with Crippen molar-refractivity contribution in [1.29, 1.82) is 0 Å². The summed E-state index contributed by atoms with van der Waals surface area (Å²) < 4.78 is 10.4. The number of nitrogens with zero attached hydrogens (tertiary/aromatic N) is 1. The van der Waals surface area contributed by atoms with E-state index in [0.717, 1.165) is 5.56 Å². The molecule has 1 N–H and O–H groups in total. The lowest BCUT2D eigenvalue weighted by Crippen LogP contribution is -2.12. The Hall–Kier alpha value is -3.41. The number of aromatic nitrogens is 1. The second-order valence-corrected chi connectivity index (χ2v) is 4.96. The fourth-order valence-electron chi connectivity index (χ4n) is 2.14. The van der Waals surface area contributed by atoms with Crippen molar-refractivity contribution in [3.63, 3.8) is 0 Å². The number of benzene rings is 2. The van der Waals surface area contributed by atoms with Crippen LogP contribution in [0.2, 0.25) is 0 Å². The zero-order valence-electron chi connectivity index (χ0n) is 12.5. The highest BCUT2D eigenvalue weighted by atomic mass is 16.5. The second kappa shape index (κ2) is 6.78. The van der Waals surface area contributed by atoms with Gasteiger partial charge in [0.1, 0.15) is 17.0 Å². The molecule has 0 fully saturated rings. The molecule has 1 heterocycles. The summed E-state index contributed by atoms with van der Waals surface area (Å²) in [6, 6.07) is 16.9. The van der Waals surface area contributed by atoms with Crippen LogP contribution in [0.25, 0.3) is 11.3 Å². The zero-order valence-corrected chi connectivity index (χ0v) is 12.5. The Morgan fingerprint density at radius 3 is 2.50 bits per heavy atom. The summed E-state index contributed by atoms with van der Waals surface area (Å²) in [5.41, 5.74) is 1.37. The first-order valence-corrected chi connectivity index (χ1v) is 7.15. The zero-order chi connectivity index (χ0) is 16.9. The van der Waals surface area contributed by atoms with Crippen LogP contribution in [0.3, 0.4) is 0 Å². The molecule has 0 spiro atoms. The first-order chi connectivity index (χ1) is 11.6. The number of hydrogen-bond acceptors (Lipinski definition) is 5. The van der Waals surface area contributed by atoms with E-state index < -0.39 is 11.8 Å². The lowest BCUT2D eigenvalue weighted by atomic mass is 10.1. The molecule has 0 saturated heterocycles. The third kappa shape index (κ3) is 3.33. The van der Waals surface area contributed by atoms with Crippen LogP contribution in [0.4, 0.5) is 0 Å². The van der Waals surface area contributed by atoms with Crippen molar-refractivity contribution in [3.8, 4) is 17.0 Å². The number of carbonyl (C=O) groups is 2. The van der Waals surface area contributed by atoms with Crippen LogP contribution in [0, 0.1) is 0 Å². The van der Waals surface area contributed by atoms with E-state index in [-0.39, 0.29) is 23.7 Å². The summed E-state index contributed by atoms with van der Waals surface area (Å²) in [6.07, 6.45) is 0. The summed E-state index contributed by atoms with van der Waals surface area (Å²) in [5, 5.41) is 12.9. The Bertz CT molecular complexity index is 870. The molecule has 0 aliphatic carbocycles. The molecule has 1 aromatic heterocycles. The largest absolute Gasteiger partial charge is 0.484 e. The fourth-order valence-corrected chi connectivity index (χ4v) is 2.14. The highest BCUT2D eigenvalue weighted by Gasteiger charge is 2.17. The van der Waals surface area contributed by atoms with Crippen LogP contribution in [0.5, 0.6) is 5.75 Å². The Morgan fingerprint density at radius 1 is 1.04 bits per heavy atom. The maximum atomic E-state index is 12.1. The number of Topliss-reactive ketones (excluding diaryl/α,β-unsaturated/α-hetero) is 1. The third-order valence-corrected chi connectivity index (χ3v) is 3.33. The highest BCUT2D eigenvalue weighted by Crippen LogP contribution is 2.20. The molecule has 0 aliphatic heterocycles. The van der Waals surface area contributed by atoms with Crippen LogP contribution in [0.1, 0.15) is 20.9 Å². The third-order valence-electron chi connectivity index (χ3n) is 3.33. The van der Waals surface area contributed by atoms with Crippen molar-refractivity contribution in [2.45, 2.75) is 0 Å². The number of carbonyl (C=O) groups excluding carboxylic acids is 1. The molecule has 6 nitrogen and oxygen atoms in total. The summed E-state index contributed by atoms with van der Waals surface area (Å²) >= 11 is 0. The average Bonchev–Trinajstić information content (AvgIpc) is 3.11. The van der Waals surface area contributed by atoms with Gasteiger partial charge in [0.2, 0.25) is 11.5 Å². The molecule has 0 aliphatic rings. The number of carboxylic acids is 1. The van der Waals surface area contributed by atoms with Gasteiger partial charge in [-0.1, -0.05) is 47.6 Å². The van der Waals surface area contributed by atoms with Crippen molar-refractivity contribution in [2.24, 2.45) is 0 Å². The molecule has 0 bridgehead atoms. The van der Waals surface area contributed by atoms with E-state index in [1.54, 1.807) is 12.1 Å². The van der Waals surface area contributed by atoms with Crippen LogP contribution in [-0.4, -0.2) is 28.6 Å². The normalized spacial score (nSPS) is 10.3. The van der Waals surface area contributed by atoms with Gasteiger partial charge in [-0.2, -0.15) is 0 Å². The molecule has 24 heavy (non-hydrogen) atoms. The second-order valence-electron chi connectivity index (χ2n) is 4.96. The van der Waals surface area contributed by atoms with E-state index in [0.29, 0.717) is 5.69 Å². The highest BCUT2D eigenvalue weighted by molar-refractivity contribution is 5.96. The summed E-state index contributed by atoms with van der Waals surface area (Å²) in [7, 11) is 0. The van der Waals surface area contributed by atoms with E-state index in [9.17, 15) is 9.59 Å². The van der Waals surface area contributed by atoms with E-state index in [1.165, 1.54) is 18.2 Å².